The standard InChI is InChI=1S/C20H30N2O5S/c1-15(2)14-27-18-7-5-16(13-19(18)26-3)6-8-20(23)21-17-9-11-22(12-10-17)28(4,24)25/h5-8,13,15,17H,9-12,14H2,1-4H3,(H,21,23)/b8-6+. The van der Waals surface area contributed by atoms with Crippen LogP contribution in [0.1, 0.15) is 32.3 Å². The summed E-state index contributed by atoms with van der Waals surface area (Å²) in [6.45, 7) is 5.62. The number of piperidine rings is 1. The molecule has 0 bridgehead atoms. The molecule has 1 N–H and O–H groups in total. The summed E-state index contributed by atoms with van der Waals surface area (Å²) in [5.41, 5.74) is 0.829. The van der Waals surface area contributed by atoms with Gasteiger partial charge >= 0.3 is 0 Å². The Morgan fingerprint density at radius 3 is 2.54 bits per heavy atom. The van der Waals surface area contributed by atoms with Crippen molar-refractivity contribution in [2.45, 2.75) is 32.7 Å². The van der Waals surface area contributed by atoms with Crippen LogP contribution >= 0.6 is 0 Å². The molecule has 7 nitrogen and oxygen atoms in total. The zero-order valence-corrected chi connectivity index (χ0v) is 17.8. The maximum absolute atomic E-state index is 12.2. The van der Waals surface area contributed by atoms with Gasteiger partial charge in [0.05, 0.1) is 20.0 Å². The first-order valence-corrected chi connectivity index (χ1v) is 11.3. The molecule has 0 radical (unpaired) electrons. The summed E-state index contributed by atoms with van der Waals surface area (Å²) >= 11 is 0. The topological polar surface area (TPSA) is 84.9 Å². The van der Waals surface area contributed by atoms with Gasteiger partial charge in [0.25, 0.3) is 0 Å². The highest BCUT2D eigenvalue weighted by Crippen LogP contribution is 2.29. The summed E-state index contributed by atoms with van der Waals surface area (Å²) in [6.07, 6.45) is 5.63. The van der Waals surface area contributed by atoms with Gasteiger partial charge in [0.15, 0.2) is 11.5 Å². The number of carbonyl (C=O) groups excluding carboxylic acids is 1. The minimum Gasteiger partial charge on any atom is -0.493 e. The van der Waals surface area contributed by atoms with Crippen LogP contribution < -0.4 is 14.8 Å². The maximum Gasteiger partial charge on any atom is 0.244 e. The Hall–Kier alpha value is -2.06. The molecule has 0 aliphatic carbocycles. The Labute approximate surface area is 167 Å². The van der Waals surface area contributed by atoms with Crippen LogP contribution in [-0.2, 0) is 14.8 Å². The lowest BCUT2D eigenvalue weighted by Gasteiger charge is -2.30. The zero-order valence-electron chi connectivity index (χ0n) is 17.0. The lowest BCUT2D eigenvalue weighted by molar-refractivity contribution is -0.117. The van der Waals surface area contributed by atoms with Crippen molar-refractivity contribution in [1.82, 2.24) is 9.62 Å². The van der Waals surface area contributed by atoms with Crippen molar-refractivity contribution >= 4 is 22.0 Å². The first-order chi connectivity index (χ1) is 13.2. The van der Waals surface area contributed by atoms with Crippen molar-refractivity contribution in [3.05, 3.63) is 29.8 Å². The number of carbonyl (C=O) groups is 1. The van der Waals surface area contributed by atoms with E-state index in [4.69, 9.17) is 9.47 Å². The molecule has 1 aliphatic rings. The van der Waals surface area contributed by atoms with E-state index >= 15 is 0 Å². The number of ether oxygens (including phenoxy) is 2. The molecule has 0 saturated carbocycles. The number of nitrogens with zero attached hydrogens (tertiary/aromatic N) is 1. The minimum atomic E-state index is -3.16. The highest BCUT2D eigenvalue weighted by atomic mass is 32.2. The highest BCUT2D eigenvalue weighted by Gasteiger charge is 2.25. The molecule has 0 spiro atoms. The molecule has 1 saturated heterocycles. The summed E-state index contributed by atoms with van der Waals surface area (Å²) in [4.78, 5) is 12.2. The predicted molar refractivity (Wildman–Crippen MR) is 110 cm³/mol. The monoisotopic (exact) mass is 410 g/mol. The Bertz CT molecular complexity index is 797. The normalized spacial score (nSPS) is 16.5. The van der Waals surface area contributed by atoms with Gasteiger partial charge in [-0.05, 0) is 42.5 Å². The number of rotatable bonds is 8. The van der Waals surface area contributed by atoms with Crippen LogP contribution in [0.3, 0.4) is 0 Å². The van der Waals surface area contributed by atoms with Crippen LogP contribution in [0.15, 0.2) is 24.3 Å². The number of nitrogens with one attached hydrogen (secondary N) is 1. The maximum atomic E-state index is 12.2. The fourth-order valence-electron chi connectivity index (χ4n) is 2.92. The smallest absolute Gasteiger partial charge is 0.244 e. The largest absolute Gasteiger partial charge is 0.493 e. The second-order valence-corrected chi connectivity index (χ2v) is 9.38. The Balaban J connectivity index is 1.90. The third kappa shape index (κ3) is 6.83. The molecule has 0 unspecified atom stereocenters. The van der Waals surface area contributed by atoms with E-state index in [-0.39, 0.29) is 11.9 Å². The van der Waals surface area contributed by atoms with Gasteiger partial charge in [0.1, 0.15) is 0 Å². The second kappa shape index (κ2) is 9.93. The van der Waals surface area contributed by atoms with Crippen LogP contribution in [0.25, 0.3) is 6.08 Å². The molecule has 0 aromatic heterocycles. The quantitative estimate of drug-likeness (QED) is 0.665. The van der Waals surface area contributed by atoms with Crippen molar-refractivity contribution in [1.29, 1.82) is 0 Å². The van der Waals surface area contributed by atoms with E-state index in [1.165, 1.54) is 16.6 Å². The van der Waals surface area contributed by atoms with Crippen LogP contribution in [0, 0.1) is 5.92 Å². The van der Waals surface area contributed by atoms with Crippen molar-refractivity contribution in [2.75, 3.05) is 33.1 Å². The molecule has 8 heteroatoms. The average Bonchev–Trinajstić information content (AvgIpc) is 2.64. The van der Waals surface area contributed by atoms with Crippen LogP contribution in [0.5, 0.6) is 11.5 Å². The van der Waals surface area contributed by atoms with Crippen molar-refractivity contribution in [2.24, 2.45) is 5.92 Å². The Morgan fingerprint density at radius 2 is 1.96 bits per heavy atom. The first-order valence-electron chi connectivity index (χ1n) is 9.43. The van der Waals surface area contributed by atoms with E-state index in [2.05, 4.69) is 19.2 Å². The average molecular weight is 411 g/mol. The number of amides is 1. The van der Waals surface area contributed by atoms with Crippen molar-refractivity contribution in [3.8, 4) is 11.5 Å². The molecule has 28 heavy (non-hydrogen) atoms. The van der Waals surface area contributed by atoms with E-state index < -0.39 is 10.0 Å². The van der Waals surface area contributed by atoms with E-state index in [0.29, 0.717) is 50.0 Å². The van der Waals surface area contributed by atoms with Gasteiger partial charge in [-0.25, -0.2) is 12.7 Å². The van der Waals surface area contributed by atoms with Gasteiger partial charge in [-0.2, -0.15) is 0 Å². The van der Waals surface area contributed by atoms with Crippen LogP contribution in [0.4, 0.5) is 0 Å². The fraction of sp³-hybridized carbons (Fsp3) is 0.550. The third-order valence-electron chi connectivity index (χ3n) is 4.46. The molecular formula is C20H30N2O5S. The number of hydrogen-bond acceptors (Lipinski definition) is 5. The molecule has 1 aliphatic heterocycles. The zero-order chi connectivity index (χ0) is 20.7. The molecular weight excluding hydrogens is 380 g/mol. The second-order valence-electron chi connectivity index (χ2n) is 7.39. The summed E-state index contributed by atoms with van der Waals surface area (Å²) < 4.78 is 35.6. The van der Waals surface area contributed by atoms with E-state index in [1.807, 2.05) is 18.2 Å². The molecule has 1 heterocycles. The van der Waals surface area contributed by atoms with E-state index in [1.54, 1.807) is 13.2 Å². The molecule has 0 atom stereocenters. The SMILES string of the molecule is COc1cc(/C=C/C(=O)NC2CCN(S(C)(=O)=O)CC2)ccc1OCC(C)C. The number of sulfonamides is 1. The molecule has 1 aromatic carbocycles. The Kier molecular flexibility index (Phi) is 7.88. The highest BCUT2D eigenvalue weighted by molar-refractivity contribution is 7.88. The summed E-state index contributed by atoms with van der Waals surface area (Å²) in [6, 6.07) is 5.51. The lowest BCUT2D eigenvalue weighted by atomic mass is 10.1. The third-order valence-corrected chi connectivity index (χ3v) is 5.76. The Morgan fingerprint density at radius 1 is 1.29 bits per heavy atom. The van der Waals surface area contributed by atoms with Gasteiger partial charge in [-0.15, -0.1) is 0 Å². The fourth-order valence-corrected chi connectivity index (χ4v) is 3.79. The van der Waals surface area contributed by atoms with E-state index in [9.17, 15) is 13.2 Å². The molecule has 1 fully saturated rings. The lowest BCUT2D eigenvalue weighted by Crippen LogP contribution is -2.45. The van der Waals surface area contributed by atoms with Gasteiger partial charge in [-0.1, -0.05) is 19.9 Å². The van der Waals surface area contributed by atoms with Crippen LogP contribution in [0.2, 0.25) is 0 Å². The molecule has 1 aromatic rings. The number of hydrogen-bond donors (Lipinski definition) is 1. The minimum absolute atomic E-state index is 0.0171. The van der Waals surface area contributed by atoms with E-state index in [0.717, 1.165) is 5.56 Å². The van der Waals surface area contributed by atoms with Gasteiger partial charge < -0.3 is 14.8 Å². The molecule has 2 rings (SSSR count). The van der Waals surface area contributed by atoms with Gasteiger partial charge in [0, 0.05) is 25.2 Å². The van der Waals surface area contributed by atoms with Gasteiger partial charge in [0.2, 0.25) is 15.9 Å². The number of benzene rings is 1. The van der Waals surface area contributed by atoms with Gasteiger partial charge in [-0.3, -0.25) is 4.79 Å². The molecule has 156 valence electrons. The number of methoxy groups -OCH3 is 1. The first kappa shape index (κ1) is 22.2. The summed E-state index contributed by atoms with van der Waals surface area (Å²) in [7, 11) is -1.57. The molecule has 1 amide bonds. The van der Waals surface area contributed by atoms with Crippen molar-refractivity contribution < 1.29 is 22.7 Å². The van der Waals surface area contributed by atoms with Crippen LogP contribution in [-0.4, -0.2) is 57.7 Å². The predicted octanol–water partition coefficient (Wildman–Crippen LogP) is 2.28. The summed E-state index contributed by atoms with van der Waals surface area (Å²) in [5.74, 6) is 1.51. The summed E-state index contributed by atoms with van der Waals surface area (Å²) in [5, 5.41) is 2.93. The van der Waals surface area contributed by atoms with Crippen molar-refractivity contribution in [3.63, 3.8) is 0 Å².